The minimum absolute atomic E-state index is 0.0496. The van der Waals surface area contributed by atoms with Gasteiger partial charge in [0.15, 0.2) is 0 Å². The lowest BCUT2D eigenvalue weighted by Gasteiger charge is -2.11. The molecule has 0 aliphatic rings. The standard InChI is InChI=1S/C21H17NO5/c1-25-20(23)15-8-10-16(11-9-15)21(24)26-14-17-5-2-3-7-19(17)27-18-6-4-12-22-13-18/h2-13H,14H2,1H3. The van der Waals surface area contributed by atoms with Crippen molar-refractivity contribution in [3.05, 3.63) is 89.7 Å². The Hall–Kier alpha value is -3.67. The summed E-state index contributed by atoms with van der Waals surface area (Å²) in [5, 5.41) is 0. The van der Waals surface area contributed by atoms with Crippen LogP contribution in [0.2, 0.25) is 0 Å². The Kier molecular flexibility index (Phi) is 5.79. The number of carbonyl (C=O) groups excluding carboxylic acids is 2. The Balaban J connectivity index is 1.66. The maximum absolute atomic E-state index is 12.2. The number of aromatic nitrogens is 1. The zero-order valence-electron chi connectivity index (χ0n) is 14.6. The Morgan fingerprint density at radius 3 is 2.26 bits per heavy atom. The molecule has 6 nitrogen and oxygen atoms in total. The normalized spacial score (nSPS) is 10.1. The first-order valence-electron chi connectivity index (χ1n) is 8.18. The molecule has 0 saturated carbocycles. The van der Waals surface area contributed by atoms with Crippen molar-refractivity contribution in [3.63, 3.8) is 0 Å². The molecule has 0 saturated heterocycles. The van der Waals surface area contributed by atoms with Crippen molar-refractivity contribution in [1.29, 1.82) is 0 Å². The average molecular weight is 363 g/mol. The van der Waals surface area contributed by atoms with E-state index in [4.69, 9.17) is 9.47 Å². The van der Waals surface area contributed by atoms with Crippen LogP contribution in [-0.2, 0) is 16.1 Å². The van der Waals surface area contributed by atoms with Crippen molar-refractivity contribution in [1.82, 2.24) is 4.98 Å². The highest BCUT2D eigenvalue weighted by atomic mass is 16.5. The largest absolute Gasteiger partial charge is 0.465 e. The van der Waals surface area contributed by atoms with Crippen LogP contribution in [-0.4, -0.2) is 24.0 Å². The number of nitrogens with zero attached hydrogens (tertiary/aromatic N) is 1. The molecule has 0 unspecified atom stereocenters. The Bertz CT molecular complexity index is 923. The Labute approximate surface area is 156 Å². The minimum atomic E-state index is -0.498. The van der Waals surface area contributed by atoms with Gasteiger partial charge in [0.2, 0.25) is 0 Å². The highest BCUT2D eigenvalue weighted by Crippen LogP contribution is 2.25. The third-order valence-corrected chi connectivity index (χ3v) is 3.74. The molecule has 2 aromatic carbocycles. The molecular formula is C21H17NO5. The van der Waals surface area contributed by atoms with Crippen molar-refractivity contribution in [3.8, 4) is 11.5 Å². The summed E-state index contributed by atoms with van der Waals surface area (Å²) < 4.78 is 15.8. The molecule has 0 fully saturated rings. The van der Waals surface area contributed by atoms with Crippen molar-refractivity contribution in [2.75, 3.05) is 7.11 Å². The molecule has 3 aromatic rings. The van der Waals surface area contributed by atoms with Crippen LogP contribution in [0, 0.1) is 0 Å². The molecule has 0 radical (unpaired) electrons. The van der Waals surface area contributed by atoms with Gasteiger partial charge in [0.25, 0.3) is 0 Å². The summed E-state index contributed by atoms with van der Waals surface area (Å²) in [4.78, 5) is 27.7. The van der Waals surface area contributed by atoms with E-state index >= 15 is 0 Å². The van der Waals surface area contributed by atoms with E-state index in [0.717, 1.165) is 5.56 Å². The summed E-state index contributed by atoms with van der Waals surface area (Å²) in [5.74, 6) is 0.216. The van der Waals surface area contributed by atoms with E-state index in [2.05, 4.69) is 9.72 Å². The summed E-state index contributed by atoms with van der Waals surface area (Å²) in [6, 6.07) is 16.9. The summed E-state index contributed by atoms with van der Waals surface area (Å²) in [6.07, 6.45) is 3.26. The Morgan fingerprint density at radius 2 is 1.59 bits per heavy atom. The molecule has 0 aliphatic carbocycles. The number of pyridine rings is 1. The lowest BCUT2D eigenvalue weighted by Crippen LogP contribution is -2.07. The number of benzene rings is 2. The van der Waals surface area contributed by atoms with Gasteiger partial charge in [-0.3, -0.25) is 4.98 Å². The van der Waals surface area contributed by atoms with Gasteiger partial charge in [-0.2, -0.15) is 0 Å². The van der Waals surface area contributed by atoms with Gasteiger partial charge in [0.05, 0.1) is 24.4 Å². The number of esters is 2. The van der Waals surface area contributed by atoms with E-state index in [1.165, 1.54) is 31.4 Å². The van der Waals surface area contributed by atoms with E-state index in [-0.39, 0.29) is 6.61 Å². The predicted molar refractivity (Wildman–Crippen MR) is 97.7 cm³/mol. The zero-order valence-corrected chi connectivity index (χ0v) is 14.6. The lowest BCUT2D eigenvalue weighted by molar-refractivity contribution is 0.0469. The Morgan fingerprint density at radius 1 is 0.889 bits per heavy atom. The summed E-state index contributed by atoms with van der Waals surface area (Å²) >= 11 is 0. The fourth-order valence-electron chi connectivity index (χ4n) is 2.34. The second-order valence-electron chi connectivity index (χ2n) is 5.54. The first kappa shape index (κ1) is 18.1. The first-order chi connectivity index (χ1) is 13.2. The highest BCUT2D eigenvalue weighted by molar-refractivity contribution is 5.93. The fraction of sp³-hybridized carbons (Fsp3) is 0.0952. The average Bonchev–Trinajstić information content (AvgIpc) is 2.73. The first-order valence-corrected chi connectivity index (χ1v) is 8.18. The van der Waals surface area contributed by atoms with Crippen molar-refractivity contribution in [2.45, 2.75) is 6.61 Å². The van der Waals surface area contributed by atoms with Crippen molar-refractivity contribution >= 4 is 11.9 Å². The van der Waals surface area contributed by atoms with E-state index < -0.39 is 11.9 Å². The highest BCUT2D eigenvalue weighted by Gasteiger charge is 2.12. The van der Waals surface area contributed by atoms with Crippen LogP contribution in [0.4, 0.5) is 0 Å². The van der Waals surface area contributed by atoms with E-state index in [0.29, 0.717) is 22.6 Å². The molecule has 0 atom stereocenters. The number of carbonyl (C=O) groups is 2. The van der Waals surface area contributed by atoms with E-state index in [1.54, 1.807) is 30.6 Å². The second-order valence-corrected chi connectivity index (χ2v) is 5.54. The molecule has 1 heterocycles. The van der Waals surface area contributed by atoms with Gasteiger partial charge in [-0.15, -0.1) is 0 Å². The fourth-order valence-corrected chi connectivity index (χ4v) is 2.34. The number of hydrogen-bond acceptors (Lipinski definition) is 6. The molecule has 0 N–H and O–H groups in total. The number of methoxy groups -OCH3 is 1. The maximum atomic E-state index is 12.2. The summed E-state index contributed by atoms with van der Waals surface area (Å²) in [5.41, 5.74) is 1.43. The third-order valence-electron chi connectivity index (χ3n) is 3.74. The molecule has 1 aromatic heterocycles. The predicted octanol–water partition coefficient (Wildman–Crippen LogP) is 4.02. The van der Waals surface area contributed by atoms with Crippen LogP contribution in [0.3, 0.4) is 0 Å². The lowest BCUT2D eigenvalue weighted by atomic mass is 10.1. The van der Waals surface area contributed by atoms with Gasteiger partial charge in [-0.1, -0.05) is 18.2 Å². The number of para-hydroxylation sites is 1. The summed E-state index contributed by atoms with van der Waals surface area (Å²) in [6.45, 7) is 0.0496. The van der Waals surface area contributed by atoms with Crippen molar-refractivity contribution < 1.29 is 23.8 Å². The van der Waals surface area contributed by atoms with Crippen LogP contribution in [0.15, 0.2) is 73.1 Å². The van der Waals surface area contributed by atoms with Gasteiger partial charge in [0, 0.05) is 11.8 Å². The van der Waals surface area contributed by atoms with Gasteiger partial charge < -0.3 is 14.2 Å². The molecule has 0 amide bonds. The van der Waals surface area contributed by atoms with E-state index in [1.807, 2.05) is 18.2 Å². The van der Waals surface area contributed by atoms with E-state index in [9.17, 15) is 9.59 Å². The number of rotatable bonds is 6. The second kappa shape index (κ2) is 8.62. The van der Waals surface area contributed by atoms with Crippen LogP contribution >= 0.6 is 0 Å². The zero-order chi connectivity index (χ0) is 19.1. The molecule has 0 bridgehead atoms. The van der Waals surface area contributed by atoms with Gasteiger partial charge in [0.1, 0.15) is 18.1 Å². The van der Waals surface area contributed by atoms with Gasteiger partial charge >= 0.3 is 11.9 Å². The molecule has 136 valence electrons. The topological polar surface area (TPSA) is 74.7 Å². The molecular weight excluding hydrogens is 346 g/mol. The molecule has 6 heteroatoms. The van der Waals surface area contributed by atoms with Crippen LogP contribution < -0.4 is 4.74 Å². The molecule has 0 spiro atoms. The maximum Gasteiger partial charge on any atom is 0.338 e. The molecule has 0 aliphatic heterocycles. The van der Waals surface area contributed by atoms with Crippen molar-refractivity contribution in [2.24, 2.45) is 0 Å². The third kappa shape index (κ3) is 4.70. The number of hydrogen-bond donors (Lipinski definition) is 0. The molecule has 3 rings (SSSR count). The quantitative estimate of drug-likeness (QED) is 0.616. The summed E-state index contributed by atoms with van der Waals surface area (Å²) in [7, 11) is 1.30. The SMILES string of the molecule is COC(=O)c1ccc(C(=O)OCc2ccccc2Oc2cccnc2)cc1. The van der Waals surface area contributed by atoms with Gasteiger partial charge in [-0.05, 0) is 42.5 Å². The monoisotopic (exact) mass is 363 g/mol. The smallest absolute Gasteiger partial charge is 0.338 e. The minimum Gasteiger partial charge on any atom is -0.465 e. The van der Waals surface area contributed by atoms with Gasteiger partial charge in [-0.25, -0.2) is 9.59 Å². The van der Waals surface area contributed by atoms with Crippen LogP contribution in [0.5, 0.6) is 11.5 Å². The molecule has 27 heavy (non-hydrogen) atoms. The number of ether oxygens (including phenoxy) is 3. The van der Waals surface area contributed by atoms with Crippen LogP contribution in [0.25, 0.3) is 0 Å². The van der Waals surface area contributed by atoms with Crippen LogP contribution in [0.1, 0.15) is 26.3 Å².